The second-order valence-corrected chi connectivity index (χ2v) is 8.58. The van der Waals surface area contributed by atoms with E-state index in [1.165, 1.54) is 0 Å². The van der Waals surface area contributed by atoms with Gasteiger partial charge in [0.1, 0.15) is 17.2 Å². The van der Waals surface area contributed by atoms with Crippen molar-refractivity contribution in [1.82, 2.24) is 30.0 Å². The fourth-order valence-electron chi connectivity index (χ4n) is 4.13. The van der Waals surface area contributed by atoms with Crippen LogP contribution in [0.3, 0.4) is 0 Å². The molecule has 32 heavy (non-hydrogen) atoms. The molecule has 1 saturated heterocycles. The van der Waals surface area contributed by atoms with Gasteiger partial charge in [0.2, 0.25) is 0 Å². The van der Waals surface area contributed by atoms with Gasteiger partial charge in [-0.05, 0) is 50.7 Å². The summed E-state index contributed by atoms with van der Waals surface area (Å²) in [5.74, 6) is 0.993. The van der Waals surface area contributed by atoms with Crippen molar-refractivity contribution in [2.45, 2.75) is 20.3 Å². The second-order valence-electron chi connectivity index (χ2n) is 8.58. The Hall–Kier alpha value is -3.52. The molecule has 4 aromatic heterocycles. The zero-order chi connectivity index (χ0) is 22.2. The lowest BCUT2D eigenvalue weighted by atomic mass is 10.0. The Bertz CT molecular complexity index is 1280. The van der Waals surface area contributed by atoms with Gasteiger partial charge in [0, 0.05) is 72.9 Å². The van der Waals surface area contributed by atoms with E-state index < -0.39 is 0 Å². The van der Waals surface area contributed by atoms with E-state index >= 15 is 0 Å². The number of nitrogens with one attached hydrogen (secondary N) is 2. The smallest absolute Gasteiger partial charge is 0.187 e. The van der Waals surface area contributed by atoms with Crippen molar-refractivity contribution in [3.8, 4) is 11.3 Å². The van der Waals surface area contributed by atoms with Crippen LogP contribution in [0, 0.1) is 13.8 Å². The number of aromatic amines is 2. The van der Waals surface area contributed by atoms with E-state index in [4.69, 9.17) is 0 Å². The van der Waals surface area contributed by atoms with E-state index in [9.17, 15) is 4.79 Å². The normalized spacial score (nSPS) is 14.9. The average molecular weight is 430 g/mol. The van der Waals surface area contributed by atoms with Gasteiger partial charge in [0.15, 0.2) is 5.78 Å². The zero-order valence-electron chi connectivity index (χ0n) is 18.6. The Balaban J connectivity index is 1.38. The van der Waals surface area contributed by atoms with Crippen LogP contribution in [0.4, 0.5) is 5.82 Å². The Morgan fingerprint density at radius 1 is 1.09 bits per heavy atom. The molecule has 0 bridgehead atoms. The molecule has 0 atom stereocenters. The third-order valence-electron chi connectivity index (χ3n) is 6.29. The lowest BCUT2D eigenvalue weighted by Gasteiger charge is -2.33. The number of carbonyl (C=O) groups is 1. The standard InChI is InChI=1S/C24H27N7O/c1-15-16(2)28-29-23(15)21(32)11-17-10-19-12-20(27-24(19)26-14-17)18-4-5-25-22(13-18)31-8-6-30(3)7-9-31/h4-5,10,12-14H,6-9,11H2,1-3H3,(H,26,27)(H,28,29). The molecule has 0 saturated carbocycles. The summed E-state index contributed by atoms with van der Waals surface area (Å²) in [6.45, 7) is 7.88. The first-order valence-corrected chi connectivity index (χ1v) is 10.9. The molecule has 0 spiro atoms. The molecule has 4 aromatic rings. The van der Waals surface area contributed by atoms with E-state index in [2.05, 4.69) is 54.1 Å². The highest BCUT2D eigenvalue weighted by atomic mass is 16.1. The first-order valence-electron chi connectivity index (χ1n) is 10.9. The van der Waals surface area contributed by atoms with Crippen molar-refractivity contribution in [1.29, 1.82) is 0 Å². The van der Waals surface area contributed by atoms with Gasteiger partial charge in [-0.2, -0.15) is 5.10 Å². The van der Waals surface area contributed by atoms with Crippen LogP contribution in [0.2, 0.25) is 0 Å². The molecule has 1 aliphatic rings. The molecule has 164 valence electrons. The highest BCUT2D eigenvalue weighted by molar-refractivity contribution is 5.97. The summed E-state index contributed by atoms with van der Waals surface area (Å²) >= 11 is 0. The van der Waals surface area contributed by atoms with Gasteiger partial charge in [-0.15, -0.1) is 0 Å². The Kier molecular flexibility index (Phi) is 5.22. The summed E-state index contributed by atoms with van der Waals surface area (Å²) in [7, 11) is 2.15. The molecule has 2 N–H and O–H groups in total. The monoisotopic (exact) mass is 429 g/mol. The fourth-order valence-corrected chi connectivity index (χ4v) is 4.13. The lowest BCUT2D eigenvalue weighted by molar-refractivity contribution is 0.0987. The van der Waals surface area contributed by atoms with Gasteiger partial charge in [-0.3, -0.25) is 9.89 Å². The van der Waals surface area contributed by atoms with Crippen LogP contribution < -0.4 is 4.90 Å². The van der Waals surface area contributed by atoms with Crippen LogP contribution in [0.5, 0.6) is 0 Å². The Morgan fingerprint density at radius 2 is 1.91 bits per heavy atom. The van der Waals surface area contributed by atoms with Crippen LogP contribution in [0.15, 0.2) is 36.7 Å². The van der Waals surface area contributed by atoms with E-state index in [-0.39, 0.29) is 12.2 Å². The molecule has 0 aromatic carbocycles. The number of ketones is 1. The molecule has 1 aliphatic heterocycles. The maximum Gasteiger partial charge on any atom is 0.187 e. The molecule has 5 rings (SSSR count). The number of pyridine rings is 2. The number of hydrogen-bond donors (Lipinski definition) is 2. The fraction of sp³-hybridized carbons (Fsp3) is 0.333. The largest absolute Gasteiger partial charge is 0.354 e. The van der Waals surface area contributed by atoms with Crippen molar-refractivity contribution >= 4 is 22.6 Å². The molecular formula is C24H27N7O. The minimum absolute atomic E-state index is 0.00490. The number of carbonyl (C=O) groups excluding carboxylic acids is 1. The van der Waals surface area contributed by atoms with Crippen LogP contribution in [0.25, 0.3) is 22.3 Å². The van der Waals surface area contributed by atoms with Crippen molar-refractivity contribution in [3.05, 3.63) is 59.2 Å². The molecule has 5 heterocycles. The van der Waals surface area contributed by atoms with E-state index in [0.717, 1.165) is 71.1 Å². The number of anilines is 1. The van der Waals surface area contributed by atoms with Crippen molar-refractivity contribution in [2.75, 3.05) is 38.1 Å². The summed E-state index contributed by atoms with van der Waals surface area (Å²) in [6, 6.07) is 8.25. The second kappa shape index (κ2) is 8.20. The van der Waals surface area contributed by atoms with Crippen LogP contribution >= 0.6 is 0 Å². The predicted octanol–water partition coefficient (Wildman–Crippen LogP) is 3.14. The summed E-state index contributed by atoms with van der Waals surface area (Å²) in [4.78, 5) is 29.9. The summed E-state index contributed by atoms with van der Waals surface area (Å²) < 4.78 is 0. The number of piperazine rings is 1. The van der Waals surface area contributed by atoms with Gasteiger partial charge in [0.25, 0.3) is 0 Å². The number of rotatable bonds is 5. The maximum absolute atomic E-state index is 12.7. The zero-order valence-corrected chi connectivity index (χ0v) is 18.6. The Morgan fingerprint density at radius 3 is 2.66 bits per heavy atom. The number of Topliss-reactive ketones (excluding diaryl/α,β-unsaturated/α-hetero) is 1. The summed E-state index contributed by atoms with van der Waals surface area (Å²) in [5, 5.41) is 8.02. The van der Waals surface area contributed by atoms with Gasteiger partial charge in [-0.1, -0.05) is 0 Å². The molecule has 8 nitrogen and oxygen atoms in total. The van der Waals surface area contributed by atoms with Gasteiger partial charge < -0.3 is 14.8 Å². The molecule has 0 radical (unpaired) electrons. The molecular weight excluding hydrogens is 402 g/mol. The van der Waals surface area contributed by atoms with Crippen molar-refractivity contribution in [3.63, 3.8) is 0 Å². The van der Waals surface area contributed by atoms with Gasteiger partial charge >= 0.3 is 0 Å². The highest BCUT2D eigenvalue weighted by Crippen LogP contribution is 2.26. The third-order valence-corrected chi connectivity index (χ3v) is 6.29. The molecule has 0 amide bonds. The summed E-state index contributed by atoms with van der Waals surface area (Å²) in [6.07, 6.45) is 3.90. The maximum atomic E-state index is 12.7. The average Bonchev–Trinajstić information content (AvgIpc) is 3.37. The minimum atomic E-state index is -0.00490. The molecule has 0 aliphatic carbocycles. The highest BCUT2D eigenvalue weighted by Gasteiger charge is 2.17. The third kappa shape index (κ3) is 3.89. The Labute approximate surface area is 186 Å². The SMILES string of the molecule is Cc1[nH]nc(C(=O)Cc2cnc3[nH]c(-c4ccnc(N5CCN(C)CC5)c4)cc3c2)c1C. The lowest BCUT2D eigenvalue weighted by Crippen LogP contribution is -2.44. The number of aromatic nitrogens is 5. The van der Waals surface area contributed by atoms with Gasteiger partial charge in [-0.25, -0.2) is 9.97 Å². The van der Waals surface area contributed by atoms with E-state index in [1.54, 1.807) is 6.20 Å². The number of H-pyrrole nitrogens is 2. The number of fused-ring (bicyclic) bond motifs is 1. The van der Waals surface area contributed by atoms with E-state index in [1.807, 2.05) is 32.2 Å². The molecule has 8 heteroatoms. The van der Waals surface area contributed by atoms with E-state index in [0.29, 0.717) is 5.69 Å². The minimum Gasteiger partial charge on any atom is -0.354 e. The van der Waals surface area contributed by atoms with Crippen molar-refractivity contribution in [2.24, 2.45) is 0 Å². The first kappa shape index (κ1) is 20.4. The number of nitrogens with zero attached hydrogens (tertiary/aromatic N) is 5. The van der Waals surface area contributed by atoms with Crippen molar-refractivity contribution < 1.29 is 4.79 Å². The topological polar surface area (TPSA) is 93.8 Å². The van der Waals surface area contributed by atoms with Gasteiger partial charge in [0.05, 0.1) is 0 Å². The molecule has 1 fully saturated rings. The number of aryl methyl sites for hydroxylation is 1. The van der Waals surface area contributed by atoms with Crippen LogP contribution in [-0.4, -0.2) is 69.1 Å². The first-order chi connectivity index (χ1) is 15.5. The number of likely N-dealkylation sites (N-methyl/N-ethyl adjacent to an activating group) is 1. The number of hydrogen-bond acceptors (Lipinski definition) is 6. The molecule has 0 unspecified atom stereocenters. The predicted molar refractivity (Wildman–Crippen MR) is 125 cm³/mol. The van der Waals surface area contributed by atoms with Crippen LogP contribution in [0.1, 0.15) is 27.3 Å². The quantitative estimate of drug-likeness (QED) is 0.474. The summed E-state index contributed by atoms with van der Waals surface area (Å²) in [5.41, 5.74) is 6.08. The van der Waals surface area contributed by atoms with Crippen LogP contribution in [-0.2, 0) is 6.42 Å².